The molecule has 0 fully saturated rings. The Hall–Kier alpha value is -2.54. The molecular formula is C15H14FN5S. The van der Waals surface area contributed by atoms with Gasteiger partial charge in [0, 0.05) is 12.7 Å². The average Bonchev–Trinajstić information content (AvgIpc) is 2.96. The van der Waals surface area contributed by atoms with Crippen LogP contribution in [0.3, 0.4) is 0 Å². The number of nitrogens with one attached hydrogen (secondary N) is 2. The number of nitrogens with zero attached hydrogens (tertiary/aromatic N) is 3. The molecule has 0 aliphatic heterocycles. The number of hydrogen-bond acceptors (Lipinski definition) is 3. The Kier molecular flexibility index (Phi) is 4.24. The lowest BCUT2D eigenvalue weighted by molar-refractivity contribution is 0.626. The lowest BCUT2D eigenvalue weighted by atomic mass is 10.2. The molecule has 5 nitrogen and oxygen atoms in total. The highest BCUT2D eigenvalue weighted by Gasteiger charge is 2.05. The predicted molar refractivity (Wildman–Crippen MR) is 85.7 cm³/mol. The number of benzene rings is 1. The molecular weight excluding hydrogens is 301 g/mol. The second-order valence-corrected chi connectivity index (χ2v) is 5.12. The van der Waals surface area contributed by atoms with Crippen molar-refractivity contribution in [2.24, 2.45) is 0 Å². The molecule has 0 saturated heterocycles. The van der Waals surface area contributed by atoms with Crippen molar-refractivity contribution in [3.05, 3.63) is 65.9 Å². The van der Waals surface area contributed by atoms with E-state index in [0.29, 0.717) is 18.2 Å². The van der Waals surface area contributed by atoms with Gasteiger partial charge >= 0.3 is 0 Å². The van der Waals surface area contributed by atoms with Gasteiger partial charge in [-0.05, 0) is 42.0 Å². The van der Waals surface area contributed by atoms with Crippen molar-refractivity contribution >= 4 is 23.0 Å². The smallest absolute Gasteiger partial charge is 0.166 e. The zero-order valence-corrected chi connectivity index (χ0v) is 12.5. The predicted octanol–water partition coefficient (Wildman–Crippen LogP) is 2.03. The molecule has 22 heavy (non-hydrogen) atoms. The Morgan fingerprint density at radius 1 is 1.05 bits per heavy atom. The van der Waals surface area contributed by atoms with Crippen molar-refractivity contribution in [2.75, 3.05) is 0 Å². The van der Waals surface area contributed by atoms with Crippen LogP contribution in [0.5, 0.6) is 0 Å². The van der Waals surface area contributed by atoms with E-state index in [1.807, 2.05) is 28.8 Å². The number of halogens is 1. The highest BCUT2D eigenvalue weighted by Crippen LogP contribution is 2.03. The van der Waals surface area contributed by atoms with Crippen LogP contribution in [0.4, 0.5) is 4.39 Å². The minimum absolute atomic E-state index is 0.247. The summed E-state index contributed by atoms with van der Waals surface area (Å²) in [6.07, 6.45) is 1.90. The van der Waals surface area contributed by atoms with Gasteiger partial charge in [-0.25, -0.2) is 4.39 Å². The monoisotopic (exact) mass is 315 g/mol. The summed E-state index contributed by atoms with van der Waals surface area (Å²) in [6, 6.07) is 12.0. The molecule has 0 radical (unpaired) electrons. The fraction of sp³-hybridized carbons (Fsp3) is 0.133. The van der Waals surface area contributed by atoms with Crippen LogP contribution >= 0.6 is 12.2 Å². The van der Waals surface area contributed by atoms with Crippen molar-refractivity contribution in [1.82, 2.24) is 25.2 Å². The molecule has 3 rings (SSSR count). The van der Waals surface area contributed by atoms with Crippen molar-refractivity contribution < 1.29 is 4.39 Å². The van der Waals surface area contributed by atoms with Gasteiger partial charge in [0.1, 0.15) is 5.82 Å². The SMILES string of the molecule is Fc1ccc(CNC(=S)NCc2nnc3ccccn23)cc1. The van der Waals surface area contributed by atoms with Crippen LogP contribution in [0.2, 0.25) is 0 Å². The molecule has 112 valence electrons. The first-order valence-electron chi connectivity index (χ1n) is 6.77. The maximum atomic E-state index is 12.8. The number of rotatable bonds is 4. The van der Waals surface area contributed by atoms with E-state index in [4.69, 9.17) is 12.2 Å². The number of hydrogen-bond donors (Lipinski definition) is 2. The topological polar surface area (TPSA) is 54.2 Å². The van der Waals surface area contributed by atoms with E-state index in [0.717, 1.165) is 17.0 Å². The Bertz CT molecular complexity index is 784. The van der Waals surface area contributed by atoms with Gasteiger partial charge in [0.15, 0.2) is 16.6 Å². The molecule has 2 N–H and O–H groups in total. The molecule has 7 heteroatoms. The van der Waals surface area contributed by atoms with Crippen molar-refractivity contribution in [3.8, 4) is 0 Å². The largest absolute Gasteiger partial charge is 0.359 e. The molecule has 3 aromatic rings. The highest BCUT2D eigenvalue weighted by atomic mass is 32.1. The highest BCUT2D eigenvalue weighted by molar-refractivity contribution is 7.80. The van der Waals surface area contributed by atoms with Crippen LogP contribution in [0.1, 0.15) is 11.4 Å². The lowest BCUT2D eigenvalue weighted by Gasteiger charge is -2.09. The van der Waals surface area contributed by atoms with Gasteiger partial charge in [-0.15, -0.1) is 10.2 Å². The summed E-state index contributed by atoms with van der Waals surface area (Å²) in [6.45, 7) is 1.01. The summed E-state index contributed by atoms with van der Waals surface area (Å²) in [5.41, 5.74) is 1.75. The minimum Gasteiger partial charge on any atom is -0.359 e. The third-order valence-electron chi connectivity index (χ3n) is 3.16. The molecule has 0 aliphatic rings. The first-order chi connectivity index (χ1) is 10.7. The number of pyridine rings is 1. The van der Waals surface area contributed by atoms with Gasteiger partial charge in [-0.3, -0.25) is 4.40 Å². The van der Waals surface area contributed by atoms with E-state index < -0.39 is 0 Å². The van der Waals surface area contributed by atoms with Crippen molar-refractivity contribution in [3.63, 3.8) is 0 Å². The normalized spacial score (nSPS) is 10.6. The fourth-order valence-electron chi connectivity index (χ4n) is 2.02. The van der Waals surface area contributed by atoms with E-state index in [2.05, 4.69) is 20.8 Å². The molecule has 0 spiro atoms. The van der Waals surface area contributed by atoms with Crippen LogP contribution in [0.25, 0.3) is 5.65 Å². The second-order valence-electron chi connectivity index (χ2n) is 4.71. The Labute approximate surface area is 132 Å². The van der Waals surface area contributed by atoms with E-state index >= 15 is 0 Å². The molecule has 0 unspecified atom stereocenters. The van der Waals surface area contributed by atoms with Gasteiger partial charge < -0.3 is 10.6 Å². The van der Waals surface area contributed by atoms with Crippen LogP contribution in [0.15, 0.2) is 48.7 Å². The Morgan fingerprint density at radius 3 is 2.64 bits per heavy atom. The molecule has 0 aliphatic carbocycles. The Morgan fingerprint density at radius 2 is 1.82 bits per heavy atom. The molecule has 0 bridgehead atoms. The molecule has 0 saturated carbocycles. The second kappa shape index (κ2) is 6.48. The third-order valence-corrected chi connectivity index (χ3v) is 3.45. The standard InChI is InChI=1S/C15H14FN5S/c16-12-6-4-11(5-7-12)9-17-15(22)18-10-14-20-19-13-3-1-2-8-21(13)14/h1-8H,9-10H2,(H2,17,18,22). The first kappa shape index (κ1) is 14.4. The van der Waals surface area contributed by atoms with E-state index in [9.17, 15) is 4.39 Å². The maximum Gasteiger partial charge on any atom is 0.166 e. The van der Waals surface area contributed by atoms with Crippen LogP contribution < -0.4 is 10.6 Å². The summed E-state index contributed by atoms with van der Waals surface area (Å²) < 4.78 is 14.7. The molecule has 0 amide bonds. The molecule has 2 aromatic heterocycles. The molecule has 0 atom stereocenters. The molecule has 1 aromatic carbocycles. The average molecular weight is 315 g/mol. The van der Waals surface area contributed by atoms with Gasteiger partial charge in [0.2, 0.25) is 0 Å². The van der Waals surface area contributed by atoms with Crippen LogP contribution in [0, 0.1) is 5.82 Å². The van der Waals surface area contributed by atoms with E-state index in [-0.39, 0.29) is 5.82 Å². The van der Waals surface area contributed by atoms with Gasteiger partial charge in [0.25, 0.3) is 0 Å². The number of aromatic nitrogens is 3. The first-order valence-corrected chi connectivity index (χ1v) is 7.18. The number of fused-ring (bicyclic) bond motifs is 1. The quantitative estimate of drug-likeness (QED) is 0.722. The summed E-state index contributed by atoms with van der Waals surface area (Å²) in [7, 11) is 0. The zero-order valence-electron chi connectivity index (χ0n) is 11.7. The van der Waals surface area contributed by atoms with Gasteiger partial charge in [0.05, 0.1) is 6.54 Å². The summed E-state index contributed by atoms with van der Waals surface area (Å²) in [5.74, 6) is 0.532. The minimum atomic E-state index is -0.247. The summed E-state index contributed by atoms with van der Waals surface area (Å²) in [4.78, 5) is 0. The molecule has 2 heterocycles. The van der Waals surface area contributed by atoms with E-state index in [1.165, 1.54) is 12.1 Å². The van der Waals surface area contributed by atoms with Crippen LogP contribution in [-0.4, -0.2) is 19.7 Å². The number of thiocarbonyl (C=S) groups is 1. The third kappa shape index (κ3) is 3.37. The van der Waals surface area contributed by atoms with Gasteiger partial charge in [-0.2, -0.15) is 0 Å². The van der Waals surface area contributed by atoms with Gasteiger partial charge in [-0.1, -0.05) is 18.2 Å². The maximum absolute atomic E-state index is 12.8. The van der Waals surface area contributed by atoms with Crippen molar-refractivity contribution in [1.29, 1.82) is 0 Å². The van der Waals surface area contributed by atoms with Crippen LogP contribution in [-0.2, 0) is 13.1 Å². The zero-order chi connectivity index (χ0) is 15.4. The van der Waals surface area contributed by atoms with E-state index in [1.54, 1.807) is 12.1 Å². The van der Waals surface area contributed by atoms with Crippen molar-refractivity contribution in [2.45, 2.75) is 13.1 Å². The summed E-state index contributed by atoms with van der Waals surface area (Å²) in [5, 5.41) is 14.9. The lowest BCUT2D eigenvalue weighted by Crippen LogP contribution is -2.34. The fourth-order valence-corrected chi connectivity index (χ4v) is 2.16. The summed E-state index contributed by atoms with van der Waals surface area (Å²) >= 11 is 5.22. The Balaban J connectivity index is 1.53.